The van der Waals surface area contributed by atoms with Crippen LogP contribution in [-0.4, -0.2) is 16.1 Å². The molecule has 0 spiro atoms. The highest BCUT2D eigenvalue weighted by Crippen LogP contribution is 2.13. The normalized spacial score (nSPS) is 13.0. The quantitative estimate of drug-likeness (QED) is 0.819. The predicted octanol–water partition coefficient (Wildman–Crippen LogP) is 1.17. The van der Waals surface area contributed by atoms with E-state index in [0.29, 0.717) is 6.54 Å². The Morgan fingerprint density at radius 2 is 2.23 bits per heavy atom. The standard InChI is InChI=1S/C8H13N3.2ClH/c9-4-3-7-6-11-5-1-2-8(11)10-7;;/h6H,1-5,9H2;2*1H. The molecule has 0 amide bonds. The maximum Gasteiger partial charge on any atom is 0.109 e. The summed E-state index contributed by atoms with van der Waals surface area (Å²) in [5, 5.41) is 0. The second-order valence-corrected chi connectivity index (χ2v) is 2.98. The molecule has 0 radical (unpaired) electrons. The van der Waals surface area contributed by atoms with Crippen molar-refractivity contribution in [3.63, 3.8) is 0 Å². The van der Waals surface area contributed by atoms with Crippen LogP contribution in [0.15, 0.2) is 6.20 Å². The number of rotatable bonds is 2. The van der Waals surface area contributed by atoms with Crippen molar-refractivity contribution in [2.45, 2.75) is 25.8 Å². The molecule has 2 rings (SSSR count). The van der Waals surface area contributed by atoms with Gasteiger partial charge in [-0.3, -0.25) is 0 Å². The lowest BCUT2D eigenvalue weighted by Gasteiger charge is -1.90. The minimum Gasteiger partial charge on any atom is -0.335 e. The van der Waals surface area contributed by atoms with Gasteiger partial charge in [-0.1, -0.05) is 0 Å². The molecule has 0 atom stereocenters. The van der Waals surface area contributed by atoms with Gasteiger partial charge in [0.25, 0.3) is 0 Å². The van der Waals surface area contributed by atoms with Crippen LogP contribution in [0.3, 0.4) is 0 Å². The van der Waals surface area contributed by atoms with E-state index in [1.54, 1.807) is 0 Å². The largest absolute Gasteiger partial charge is 0.335 e. The molecule has 13 heavy (non-hydrogen) atoms. The highest BCUT2D eigenvalue weighted by Gasteiger charge is 2.12. The Bertz CT molecular complexity index is 238. The zero-order valence-electron chi connectivity index (χ0n) is 7.40. The molecular formula is C8H15Cl2N3. The fourth-order valence-corrected chi connectivity index (χ4v) is 1.58. The predicted molar refractivity (Wildman–Crippen MR) is 57.8 cm³/mol. The first-order valence-electron chi connectivity index (χ1n) is 4.15. The summed E-state index contributed by atoms with van der Waals surface area (Å²) in [4.78, 5) is 4.46. The number of nitrogens with two attached hydrogens (primary N) is 1. The zero-order valence-corrected chi connectivity index (χ0v) is 9.03. The first-order chi connectivity index (χ1) is 5.40. The van der Waals surface area contributed by atoms with Crippen molar-refractivity contribution in [3.05, 3.63) is 17.7 Å². The van der Waals surface area contributed by atoms with E-state index in [2.05, 4.69) is 15.7 Å². The van der Waals surface area contributed by atoms with Gasteiger partial charge in [-0.2, -0.15) is 0 Å². The summed E-state index contributed by atoms with van der Waals surface area (Å²) >= 11 is 0. The maximum atomic E-state index is 5.43. The Balaban J connectivity index is 0.000000720. The van der Waals surface area contributed by atoms with Gasteiger partial charge in [-0.25, -0.2) is 4.98 Å². The molecule has 2 heterocycles. The summed E-state index contributed by atoms with van der Waals surface area (Å²) in [5.74, 6) is 1.24. The number of imidazole rings is 1. The first kappa shape index (κ1) is 12.8. The summed E-state index contributed by atoms with van der Waals surface area (Å²) in [6.07, 6.45) is 5.45. The lowest BCUT2D eigenvalue weighted by molar-refractivity contribution is 0.745. The number of hydrogen-bond acceptors (Lipinski definition) is 2. The average molecular weight is 224 g/mol. The van der Waals surface area contributed by atoms with Gasteiger partial charge in [0.1, 0.15) is 5.82 Å². The van der Waals surface area contributed by atoms with E-state index in [1.165, 1.54) is 12.2 Å². The summed E-state index contributed by atoms with van der Waals surface area (Å²) in [7, 11) is 0. The smallest absolute Gasteiger partial charge is 0.109 e. The van der Waals surface area contributed by atoms with Crippen LogP contribution in [0.2, 0.25) is 0 Å². The lowest BCUT2D eigenvalue weighted by Crippen LogP contribution is -2.03. The van der Waals surface area contributed by atoms with Crippen molar-refractivity contribution in [2.75, 3.05) is 6.54 Å². The summed E-state index contributed by atoms with van der Waals surface area (Å²) in [6, 6.07) is 0. The number of aromatic nitrogens is 2. The number of fused-ring (bicyclic) bond motifs is 1. The molecule has 1 aromatic rings. The van der Waals surface area contributed by atoms with E-state index in [0.717, 1.165) is 25.1 Å². The second-order valence-electron chi connectivity index (χ2n) is 2.98. The molecule has 0 bridgehead atoms. The molecule has 1 aliphatic rings. The SMILES string of the molecule is Cl.Cl.NCCc1cn2c(n1)CCC2. The lowest BCUT2D eigenvalue weighted by atomic mass is 10.3. The Morgan fingerprint density at radius 1 is 1.46 bits per heavy atom. The summed E-state index contributed by atoms with van der Waals surface area (Å²) in [6.45, 7) is 1.85. The Morgan fingerprint density at radius 3 is 2.85 bits per heavy atom. The third-order valence-electron chi connectivity index (χ3n) is 2.11. The molecule has 0 aromatic carbocycles. The number of halogens is 2. The second kappa shape index (κ2) is 5.47. The molecule has 76 valence electrons. The van der Waals surface area contributed by atoms with E-state index >= 15 is 0 Å². The van der Waals surface area contributed by atoms with Crippen molar-refractivity contribution in [1.29, 1.82) is 0 Å². The van der Waals surface area contributed by atoms with Crippen LogP contribution in [-0.2, 0) is 19.4 Å². The molecular weight excluding hydrogens is 209 g/mol. The molecule has 0 saturated heterocycles. The third kappa shape index (κ3) is 2.59. The van der Waals surface area contributed by atoms with Gasteiger partial charge in [0, 0.05) is 25.6 Å². The van der Waals surface area contributed by atoms with Gasteiger partial charge in [-0.15, -0.1) is 24.8 Å². The highest BCUT2D eigenvalue weighted by atomic mass is 35.5. The Hall–Kier alpha value is -0.250. The molecule has 2 N–H and O–H groups in total. The zero-order chi connectivity index (χ0) is 7.68. The third-order valence-corrected chi connectivity index (χ3v) is 2.11. The number of hydrogen-bond donors (Lipinski definition) is 1. The van der Waals surface area contributed by atoms with Crippen molar-refractivity contribution < 1.29 is 0 Å². The van der Waals surface area contributed by atoms with Crippen LogP contribution in [0.1, 0.15) is 17.9 Å². The fraction of sp³-hybridized carbons (Fsp3) is 0.625. The van der Waals surface area contributed by atoms with Crippen molar-refractivity contribution in [3.8, 4) is 0 Å². The monoisotopic (exact) mass is 223 g/mol. The Kier molecular flexibility index (Phi) is 5.37. The van der Waals surface area contributed by atoms with Crippen molar-refractivity contribution in [2.24, 2.45) is 5.73 Å². The van der Waals surface area contributed by atoms with Gasteiger partial charge in [-0.05, 0) is 13.0 Å². The minimum atomic E-state index is 0. The van der Waals surface area contributed by atoms with Gasteiger partial charge in [0.2, 0.25) is 0 Å². The van der Waals surface area contributed by atoms with Crippen LogP contribution >= 0.6 is 24.8 Å². The van der Waals surface area contributed by atoms with Gasteiger partial charge in [0.15, 0.2) is 0 Å². The average Bonchev–Trinajstić information content (AvgIpc) is 2.46. The van der Waals surface area contributed by atoms with Crippen LogP contribution in [0, 0.1) is 0 Å². The molecule has 0 fully saturated rings. The van der Waals surface area contributed by atoms with E-state index in [9.17, 15) is 0 Å². The summed E-state index contributed by atoms with van der Waals surface area (Å²) < 4.78 is 2.24. The van der Waals surface area contributed by atoms with E-state index in [4.69, 9.17) is 5.73 Å². The van der Waals surface area contributed by atoms with Gasteiger partial charge < -0.3 is 10.3 Å². The molecule has 1 aliphatic heterocycles. The molecule has 0 saturated carbocycles. The molecule has 3 nitrogen and oxygen atoms in total. The summed E-state index contributed by atoms with van der Waals surface area (Å²) in [5.41, 5.74) is 6.58. The van der Waals surface area contributed by atoms with Crippen molar-refractivity contribution in [1.82, 2.24) is 9.55 Å². The molecule has 0 aliphatic carbocycles. The first-order valence-corrected chi connectivity index (χ1v) is 4.15. The van der Waals surface area contributed by atoms with Crippen LogP contribution in [0.4, 0.5) is 0 Å². The molecule has 1 aromatic heterocycles. The van der Waals surface area contributed by atoms with E-state index in [1.807, 2.05) is 0 Å². The highest BCUT2D eigenvalue weighted by molar-refractivity contribution is 5.85. The minimum absolute atomic E-state index is 0. The number of aryl methyl sites for hydroxylation is 2. The maximum absolute atomic E-state index is 5.43. The van der Waals surface area contributed by atoms with Crippen LogP contribution < -0.4 is 5.73 Å². The molecule has 5 heteroatoms. The van der Waals surface area contributed by atoms with E-state index in [-0.39, 0.29) is 24.8 Å². The molecule has 0 unspecified atom stereocenters. The van der Waals surface area contributed by atoms with Gasteiger partial charge in [0.05, 0.1) is 5.69 Å². The van der Waals surface area contributed by atoms with Gasteiger partial charge >= 0.3 is 0 Å². The van der Waals surface area contributed by atoms with Crippen LogP contribution in [0.5, 0.6) is 0 Å². The Labute approximate surface area is 90.5 Å². The fourth-order valence-electron chi connectivity index (χ4n) is 1.58. The number of nitrogens with zero attached hydrogens (tertiary/aromatic N) is 2. The van der Waals surface area contributed by atoms with E-state index < -0.39 is 0 Å². The van der Waals surface area contributed by atoms with Crippen molar-refractivity contribution >= 4 is 24.8 Å². The van der Waals surface area contributed by atoms with Crippen LogP contribution in [0.25, 0.3) is 0 Å². The topological polar surface area (TPSA) is 43.8 Å².